The highest BCUT2D eigenvalue weighted by atomic mass is 16.4. The van der Waals surface area contributed by atoms with E-state index in [1.807, 2.05) is 18.3 Å². The molecule has 21 heavy (non-hydrogen) atoms. The van der Waals surface area contributed by atoms with Crippen LogP contribution in [0.3, 0.4) is 0 Å². The molecule has 0 spiro atoms. The number of hydrogen-bond donors (Lipinski definition) is 2. The summed E-state index contributed by atoms with van der Waals surface area (Å²) in [6.45, 7) is 2.74. The van der Waals surface area contributed by atoms with Gasteiger partial charge in [-0.3, -0.25) is 0 Å². The van der Waals surface area contributed by atoms with Gasteiger partial charge in [-0.2, -0.15) is 0 Å². The van der Waals surface area contributed by atoms with Crippen molar-refractivity contribution in [3.63, 3.8) is 0 Å². The third kappa shape index (κ3) is 3.55. The van der Waals surface area contributed by atoms with Crippen molar-refractivity contribution in [2.45, 2.75) is 32.4 Å². The van der Waals surface area contributed by atoms with Crippen LogP contribution < -0.4 is 10.2 Å². The minimum atomic E-state index is -0.0634. The number of aromatic nitrogens is 1. The van der Waals surface area contributed by atoms with Crippen molar-refractivity contribution >= 4 is 11.5 Å². The molecule has 5 heteroatoms. The van der Waals surface area contributed by atoms with Crippen LogP contribution in [0.2, 0.25) is 0 Å². The van der Waals surface area contributed by atoms with Crippen molar-refractivity contribution < 1.29 is 9.52 Å². The first-order chi connectivity index (χ1) is 10.3. The Kier molecular flexibility index (Phi) is 4.40. The number of piperidine rings is 1. The molecule has 0 aliphatic carbocycles. The summed E-state index contributed by atoms with van der Waals surface area (Å²) in [7, 11) is 0. The summed E-state index contributed by atoms with van der Waals surface area (Å²) in [6, 6.07) is 7.77. The maximum Gasteiger partial charge on any atom is 0.129 e. The zero-order valence-corrected chi connectivity index (χ0v) is 12.1. The van der Waals surface area contributed by atoms with Crippen LogP contribution in [0, 0.1) is 0 Å². The molecule has 0 saturated carbocycles. The van der Waals surface area contributed by atoms with Crippen LogP contribution in [0.5, 0.6) is 0 Å². The van der Waals surface area contributed by atoms with Gasteiger partial charge in [0.05, 0.1) is 18.4 Å². The monoisotopic (exact) mass is 287 g/mol. The largest absolute Gasteiger partial charge is 0.462 e. The average Bonchev–Trinajstić information content (AvgIpc) is 3.02. The number of aliphatic hydroxyl groups excluding tert-OH is 1. The summed E-state index contributed by atoms with van der Waals surface area (Å²) < 4.78 is 5.43. The molecule has 2 aromatic rings. The lowest BCUT2D eigenvalue weighted by atomic mass is 10.1. The van der Waals surface area contributed by atoms with Gasteiger partial charge in [-0.1, -0.05) is 0 Å². The first-order valence-electron chi connectivity index (χ1n) is 7.48. The maximum absolute atomic E-state index is 8.96. The fraction of sp³-hybridized carbons (Fsp3) is 0.438. The van der Waals surface area contributed by atoms with Crippen LogP contribution >= 0.6 is 0 Å². The summed E-state index contributed by atoms with van der Waals surface area (Å²) in [5.74, 6) is 2.45. The normalized spacial score (nSPS) is 15.2. The topological polar surface area (TPSA) is 61.5 Å². The van der Waals surface area contributed by atoms with E-state index in [0.717, 1.165) is 30.4 Å². The van der Waals surface area contributed by atoms with Gasteiger partial charge in [0.25, 0.3) is 0 Å². The first-order valence-corrected chi connectivity index (χ1v) is 7.48. The van der Waals surface area contributed by atoms with Crippen molar-refractivity contribution in [1.82, 2.24) is 4.98 Å². The Morgan fingerprint density at radius 2 is 1.90 bits per heavy atom. The molecule has 0 radical (unpaired) electrons. The van der Waals surface area contributed by atoms with Crippen molar-refractivity contribution in [3.8, 4) is 0 Å². The van der Waals surface area contributed by atoms with E-state index in [1.165, 1.54) is 19.3 Å². The van der Waals surface area contributed by atoms with Crippen molar-refractivity contribution in [1.29, 1.82) is 0 Å². The third-order valence-electron chi connectivity index (χ3n) is 3.77. The van der Waals surface area contributed by atoms with Crippen molar-refractivity contribution in [3.05, 3.63) is 42.0 Å². The van der Waals surface area contributed by atoms with E-state index in [9.17, 15) is 0 Å². The number of nitrogens with one attached hydrogen (secondary N) is 1. The molecule has 112 valence electrons. The summed E-state index contributed by atoms with van der Waals surface area (Å²) in [4.78, 5) is 6.87. The van der Waals surface area contributed by atoms with E-state index < -0.39 is 0 Å². The highest BCUT2D eigenvalue weighted by molar-refractivity contribution is 5.48. The van der Waals surface area contributed by atoms with Crippen LogP contribution in [-0.2, 0) is 13.2 Å². The average molecular weight is 287 g/mol. The van der Waals surface area contributed by atoms with E-state index in [-0.39, 0.29) is 6.61 Å². The van der Waals surface area contributed by atoms with Gasteiger partial charge in [0.15, 0.2) is 0 Å². The number of aliphatic hydroxyl groups is 1. The molecule has 3 heterocycles. The molecule has 0 aromatic carbocycles. The second kappa shape index (κ2) is 6.63. The molecule has 2 N–H and O–H groups in total. The van der Waals surface area contributed by atoms with Crippen LogP contribution in [0.15, 0.2) is 34.9 Å². The maximum atomic E-state index is 8.96. The lowest BCUT2D eigenvalue weighted by molar-refractivity contribution is 0.244. The molecule has 0 unspecified atom stereocenters. The molecule has 0 atom stereocenters. The van der Waals surface area contributed by atoms with E-state index in [0.29, 0.717) is 12.3 Å². The predicted octanol–water partition coefficient (Wildman–Crippen LogP) is 2.77. The highest BCUT2D eigenvalue weighted by Gasteiger charge is 2.11. The van der Waals surface area contributed by atoms with E-state index in [2.05, 4.69) is 21.3 Å². The molecule has 1 saturated heterocycles. The summed E-state index contributed by atoms with van der Waals surface area (Å²) in [5.41, 5.74) is 0.970. The van der Waals surface area contributed by atoms with Gasteiger partial charge in [0.1, 0.15) is 23.9 Å². The van der Waals surface area contributed by atoms with Gasteiger partial charge < -0.3 is 19.7 Å². The molecular weight excluding hydrogens is 266 g/mol. The zero-order valence-electron chi connectivity index (χ0n) is 12.1. The number of hydrogen-bond acceptors (Lipinski definition) is 5. The van der Waals surface area contributed by atoms with Crippen LogP contribution in [0.1, 0.15) is 30.8 Å². The molecule has 0 bridgehead atoms. The van der Waals surface area contributed by atoms with Gasteiger partial charge in [0.2, 0.25) is 0 Å². The highest BCUT2D eigenvalue weighted by Crippen LogP contribution is 2.19. The van der Waals surface area contributed by atoms with Gasteiger partial charge in [-0.15, -0.1) is 0 Å². The van der Waals surface area contributed by atoms with E-state index in [1.54, 1.807) is 6.07 Å². The van der Waals surface area contributed by atoms with Gasteiger partial charge in [-0.25, -0.2) is 4.98 Å². The first kappa shape index (κ1) is 13.9. The van der Waals surface area contributed by atoms with Gasteiger partial charge >= 0.3 is 0 Å². The summed E-state index contributed by atoms with van der Waals surface area (Å²) >= 11 is 0. The fourth-order valence-corrected chi connectivity index (χ4v) is 2.59. The number of nitrogens with zero attached hydrogens (tertiary/aromatic N) is 2. The molecule has 1 aliphatic heterocycles. The quantitative estimate of drug-likeness (QED) is 0.885. The van der Waals surface area contributed by atoms with Crippen LogP contribution in [0.25, 0.3) is 0 Å². The predicted molar refractivity (Wildman–Crippen MR) is 82.3 cm³/mol. The second-order valence-corrected chi connectivity index (χ2v) is 5.33. The molecule has 1 fully saturated rings. The molecule has 1 aliphatic rings. The van der Waals surface area contributed by atoms with Crippen LogP contribution in [-0.4, -0.2) is 23.2 Å². The second-order valence-electron chi connectivity index (χ2n) is 5.33. The Balaban J connectivity index is 1.56. The number of pyridine rings is 1. The number of furan rings is 1. The van der Waals surface area contributed by atoms with E-state index >= 15 is 0 Å². The van der Waals surface area contributed by atoms with Gasteiger partial charge in [0, 0.05) is 13.1 Å². The molecule has 2 aromatic heterocycles. The Morgan fingerprint density at radius 1 is 1.10 bits per heavy atom. The third-order valence-corrected chi connectivity index (χ3v) is 3.77. The number of anilines is 2. The SMILES string of the molecule is OCc1ccc(CNc2ccc(N3CCCCC3)nc2)o1. The molecular formula is C16H21N3O2. The Morgan fingerprint density at radius 3 is 2.57 bits per heavy atom. The molecule has 3 rings (SSSR count). The number of rotatable bonds is 5. The minimum absolute atomic E-state index is 0.0634. The van der Waals surface area contributed by atoms with Crippen molar-refractivity contribution in [2.24, 2.45) is 0 Å². The summed E-state index contributed by atoms with van der Waals surface area (Å²) in [5, 5.41) is 12.2. The fourth-order valence-electron chi connectivity index (χ4n) is 2.59. The molecule has 5 nitrogen and oxygen atoms in total. The standard InChI is InChI=1S/C16H21N3O2/c20-12-15-6-5-14(21-15)11-17-13-4-7-16(18-10-13)19-8-2-1-3-9-19/h4-7,10,17,20H,1-3,8-9,11-12H2. The van der Waals surface area contributed by atoms with Gasteiger partial charge in [-0.05, 0) is 43.5 Å². The lowest BCUT2D eigenvalue weighted by Crippen LogP contribution is -2.30. The Hall–Kier alpha value is -2.01. The van der Waals surface area contributed by atoms with E-state index in [4.69, 9.17) is 9.52 Å². The zero-order chi connectivity index (χ0) is 14.5. The van der Waals surface area contributed by atoms with Crippen molar-refractivity contribution in [2.75, 3.05) is 23.3 Å². The Bertz CT molecular complexity index is 559. The lowest BCUT2D eigenvalue weighted by Gasteiger charge is -2.27. The molecule has 0 amide bonds. The summed E-state index contributed by atoms with van der Waals surface area (Å²) in [6.07, 6.45) is 5.70. The Labute approximate surface area is 124 Å². The van der Waals surface area contributed by atoms with Crippen LogP contribution in [0.4, 0.5) is 11.5 Å². The smallest absolute Gasteiger partial charge is 0.129 e. The minimum Gasteiger partial charge on any atom is -0.462 e.